The summed E-state index contributed by atoms with van der Waals surface area (Å²) < 4.78 is 5.67. The van der Waals surface area contributed by atoms with Crippen molar-refractivity contribution < 1.29 is 4.74 Å². The van der Waals surface area contributed by atoms with Crippen molar-refractivity contribution in [3.8, 4) is 0 Å². The number of hydrogen-bond acceptors (Lipinski definition) is 2. The second-order valence-corrected chi connectivity index (χ2v) is 8.63. The molecule has 0 radical (unpaired) electrons. The summed E-state index contributed by atoms with van der Waals surface area (Å²) in [4.78, 5) is 11.9. The summed E-state index contributed by atoms with van der Waals surface area (Å²) in [6.07, 6.45) is 19.1. The fourth-order valence-corrected chi connectivity index (χ4v) is 4.74. The highest BCUT2D eigenvalue weighted by Crippen LogP contribution is 2.35. The van der Waals surface area contributed by atoms with Crippen LogP contribution >= 0.6 is 12.4 Å². The van der Waals surface area contributed by atoms with Crippen molar-refractivity contribution in [1.82, 2.24) is 9.97 Å². The fourth-order valence-electron chi connectivity index (χ4n) is 4.74. The molecule has 31 heavy (non-hydrogen) atoms. The monoisotopic (exact) mass is 441 g/mol. The Morgan fingerprint density at radius 2 is 2.06 bits per heavy atom. The van der Waals surface area contributed by atoms with Crippen LogP contribution in [0.1, 0.15) is 93.3 Å². The minimum Gasteiger partial charge on any atom is -0.494 e. The predicted molar refractivity (Wildman–Crippen MR) is 132 cm³/mol. The van der Waals surface area contributed by atoms with Crippen molar-refractivity contribution in [1.29, 1.82) is 0 Å². The van der Waals surface area contributed by atoms with Crippen LogP contribution in [-0.2, 0) is 11.2 Å². The van der Waals surface area contributed by atoms with Gasteiger partial charge < -0.3 is 14.7 Å². The average Bonchev–Trinajstić information content (AvgIpc) is 3.49. The number of H-pyrrole nitrogens is 2. The lowest BCUT2D eigenvalue weighted by Crippen LogP contribution is -2.01. The Kier molecular flexibility index (Phi) is 8.65. The molecular formula is C26H36ClN3O. The molecule has 2 bridgehead atoms. The molecular weight excluding hydrogens is 406 g/mol. The average molecular weight is 442 g/mol. The van der Waals surface area contributed by atoms with E-state index in [-0.39, 0.29) is 12.4 Å². The van der Waals surface area contributed by atoms with Crippen LogP contribution in [-0.4, -0.2) is 22.8 Å². The second-order valence-electron chi connectivity index (χ2n) is 8.63. The molecule has 2 aliphatic rings. The van der Waals surface area contributed by atoms with Gasteiger partial charge in [-0.1, -0.05) is 45.4 Å². The fraction of sp³-hybridized carbons (Fsp3) is 0.500. The zero-order chi connectivity index (χ0) is 20.8. The topological polar surface area (TPSA) is 53.2 Å². The van der Waals surface area contributed by atoms with Gasteiger partial charge in [0.2, 0.25) is 0 Å². The summed E-state index contributed by atoms with van der Waals surface area (Å²) >= 11 is 0. The molecule has 2 aromatic rings. The van der Waals surface area contributed by atoms with Crippen LogP contribution < -0.4 is 0 Å². The van der Waals surface area contributed by atoms with E-state index in [1.165, 1.54) is 74.7 Å². The minimum absolute atomic E-state index is 0. The number of nitrogens with zero attached hydrogens (tertiary/aromatic N) is 1. The Morgan fingerprint density at radius 1 is 1.19 bits per heavy atom. The van der Waals surface area contributed by atoms with E-state index in [4.69, 9.17) is 9.73 Å². The van der Waals surface area contributed by atoms with E-state index in [9.17, 15) is 0 Å². The molecule has 4 nitrogen and oxygen atoms in total. The zero-order valence-corrected chi connectivity index (χ0v) is 19.7. The Bertz CT molecular complexity index is 921. The molecule has 1 unspecified atom stereocenters. The number of halogens is 1. The Hall–Kier alpha value is -2.20. The molecule has 0 saturated heterocycles. The maximum Gasteiger partial charge on any atom is 0.146 e. The molecule has 0 aromatic carbocycles. The molecule has 1 aliphatic carbocycles. The SMILES string of the molecule is CCCCCC1CCCCCCc2cc1c(/C=C1\N=C(c3ccc[nH]3)C=C1OC)[nH]2.Cl. The first kappa shape index (κ1) is 23.5. The van der Waals surface area contributed by atoms with Crippen LogP contribution in [0.3, 0.4) is 0 Å². The number of aromatic nitrogens is 2. The molecule has 1 atom stereocenters. The largest absolute Gasteiger partial charge is 0.494 e. The third kappa shape index (κ3) is 5.74. The number of fused-ring (bicyclic) bond motifs is 2. The van der Waals surface area contributed by atoms with E-state index in [0.29, 0.717) is 5.92 Å². The van der Waals surface area contributed by atoms with Gasteiger partial charge in [-0.3, -0.25) is 0 Å². The maximum atomic E-state index is 5.67. The molecule has 2 aromatic heterocycles. The summed E-state index contributed by atoms with van der Waals surface area (Å²) in [6.45, 7) is 2.29. The van der Waals surface area contributed by atoms with Gasteiger partial charge in [0.1, 0.15) is 11.5 Å². The van der Waals surface area contributed by atoms with Crippen LogP contribution in [0.5, 0.6) is 0 Å². The summed E-state index contributed by atoms with van der Waals surface area (Å²) in [7, 11) is 1.73. The van der Waals surface area contributed by atoms with Gasteiger partial charge in [-0.05, 0) is 61.4 Å². The van der Waals surface area contributed by atoms with E-state index in [1.807, 2.05) is 24.4 Å². The van der Waals surface area contributed by atoms with Gasteiger partial charge in [-0.15, -0.1) is 12.4 Å². The number of aromatic amines is 2. The Morgan fingerprint density at radius 3 is 2.84 bits per heavy atom. The number of nitrogens with one attached hydrogen (secondary N) is 2. The van der Waals surface area contributed by atoms with E-state index in [2.05, 4.69) is 29.0 Å². The summed E-state index contributed by atoms with van der Waals surface area (Å²) in [5.41, 5.74) is 6.92. The van der Waals surface area contributed by atoms with E-state index in [0.717, 1.165) is 29.3 Å². The molecule has 0 saturated carbocycles. The van der Waals surface area contributed by atoms with E-state index in [1.54, 1.807) is 7.11 Å². The maximum absolute atomic E-state index is 5.67. The number of allylic oxidation sites excluding steroid dienone is 1. The highest BCUT2D eigenvalue weighted by Gasteiger charge is 2.21. The third-order valence-electron chi connectivity index (χ3n) is 6.42. The lowest BCUT2D eigenvalue weighted by molar-refractivity contribution is 0.303. The zero-order valence-electron chi connectivity index (χ0n) is 18.9. The van der Waals surface area contributed by atoms with Gasteiger partial charge in [-0.2, -0.15) is 0 Å². The van der Waals surface area contributed by atoms with Gasteiger partial charge in [0, 0.05) is 23.7 Å². The van der Waals surface area contributed by atoms with Crippen molar-refractivity contribution in [3.63, 3.8) is 0 Å². The van der Waals surface area contributed by atoms with Crippen LogP contribution in [0.25, 0.3) is 6.08 Å². The molecule has 1 aliphatic heterocycles. The quantitative estimate of drug-likeness (QED) is 0.435. The van der Waals surface area contributed by atoms with Gasteiger partial charge in [0.05, 0.1) is 18.5 Å². The first-order valence-corrected chi connectivity index (χ1v) is 11.7. The number of rotatable bonds is 7. The molecule has 0 spiro atoms. The first-order valence-electron chi connectivity index (χ1n) is 11.7. The molecule has 3 heterocycles. The molecule has 0 fully saturated rings. The molecule has 0 amide bonds. The number of aryl methyl sites for hydroxylation is 1. The Balaban J connectivity index is 0.00000272. The Labute approximate surface area is 192 Å². The van der Waals surface area contributed by atoms with Gasteiger partial charge in [-0.25, -0.2) is 4.99 Å². The molecule has 4 rings (SSSR count). The number of aliphatic imine (C=N–C) groups is 1. The standard InChI is InChI=1S/C26H35N3O.ClH/c1-3-4-7-11-19-12-8-5-6-9-13-20-16-21(19)23(28-20)17-25-26(30-2)18-24(29-25)22-14-10-15-27-22;/h10,14-19,27-28H,3-9,11-13H2,1-2H3;1H/b25-17-;. The summed E-state index contributed by atoms with van der Waals surface area (Å²) in [5.74, 6) is 1.46. The van der Waals surface area contributed by atoms with E-state index >= 15 is 0 Å². The lowest BCUT2D eigenvalue weighted by atomic mass is 9.87. The molecule has 5 heteroatoms. The molecule has 2 N–H and O–H groups in total. The minimum atomic E-state index is 0. The number of hydrogen-bond donors (Lipinski definition) is 2. The van der Waals surface area contributed by atoms with E-state index < -0.39 is 0 Å². The van der Waals surface area contributed by atoms with Crippen molar-refractivity contribution in [3.05, 3.63) is 64.6 Å². The van der Waals surface area contributed by atoms with Crippen LogP contribution in [0, 0.1) is 0 Å². The third-order valence-corrected chi connectivity index (χ3v) is 6.42. The van der Waals surface area contributed by atoms with Crippen LogP contribution in [0.2, 0.25) is 0 Å². The normalized spacial score (nSPS) is 20.2. The van der Waals surface area contributed by atoms with Crippen molar-refractivity contribution in [2.75, 3.05) is 7.11 Å². The summed E-state index contributed by atoms with van der Waals surface area (Å²) in [5, 5.41) is 0. The van der Waals surface area contributed by atoms with Crippen LogP contribution in [0.4, 0.5) is 0 Å². The molecule has 168 valence electrons. The van der Waals surface area contributed by atoms with Gasteiger partial charge in [0.25, 0.3) is 0 Å². The van der Waals surface area contributed by atoms with Gasteiger partial charge >= 0.3 is 0 Å². The first-order chi connectivity index (χ1) is 14.8. The smallest absolute Gasteiger partial charge is 0.146 e. The van der Waals surface area contributed by atoms with Crippen molar-refractivity contribution >= 4 is 24.2 Å². The van der Waals surface area contributed by atoms with Crippen molar-refractivity contribution in [2.24, 2.45) is 4.99 Å². The lowest BCUT2D eigenvalue weighted by Gasteiger charge is -2.18. The number of unbranched alkanes of at least 4 members (excludes halogenated alkanes) is 2. The number of methoxy groups -OCH3 is 1. The van der Waals surface area contributed by atoms with Crippen LogP contribution in [0.15, 0.2) is 46.9 Å². The highest BCUT2D eigenvalue weighted by atomic mass is 35.5. The summed E-state index contributed by atoms with van der Waals surface area (Å²) in [6, 6.07) is 6.48. The van der Waals surface area contributed by atoms with Crippen molar-refractivity contribution in [2.45, 2.75) is 77.0 Å². The number of ether oxygens (including phenoxy) is 1. The predicted octanol–water partition coefficient (Wildman–Crippen LogP) is 7.31. The van der Waals surface area contributed by atoms with Gasteiger partial charge in [0.15, 0.2) is 0 Å². The highest BCUT2D eigenvalue weighted by molar-refractivity contribution is 6.11. The second kappa shape index (κ2) is 11.4.